The smallest absolute Gasteiger partial charge is 0.137 e. The van der Waals surface area contributed by atoms with E-state index < -0.39 is 0 Å². The minimum atomic E-state index is 0.247. The summed E-state index contributed by atoms with van der Waals surface area (Å²) in [6.07, 6.45) is 1.03. The van der Waals surface area contributed by atoms with Gasteiger partial charge < -0.3 is 5.11 Å². The molecule has 0 atom stereocenters. The molecule has 0 aliphatic rings. The van der Waals surface area contributed by atoms with Crippen molar-refractivity contribution in [2.75, 3.05) is 0 Å². The molecule has 0 unspecified atom stereocenters. The normalized spacial score (nSPS) is 10.9. The zero-order valence-electron chi connectivity index (χ0n) is 11.7. The predicted molar refractivity (Wildman–Crippen MR) is 83.0 cm³/mol. The Balaban J connectivity index is 2.14. The van der Waals surface area contributed by atoms with E-state index in [4.69, 9.17) is 0 Å². The first kappa shape index (κ1) is 12.7. The van der Waals surface area contributed by atoms with Crippen molar-refractivity contribution >= 4 is 10.9 Å². The van der Waals surface area contributed by atoms with E-state index in [2.05, 4.69) is 48.3 Å². The van der Waals surface area contributed by atoms with Crippen LogP contribution < -0.4 is 0 Å². The summed E-state index contributed by atoms with van der Waals surface area (Å²) in [5.74, 6) is 0.247. The first-order valence-corrected chi connectivity index (χ1v) is 6.87. The summed E-state index contributed by atoms with van der Waals surface area (Å²) in [6, 6.07) is 16.5. The molecule has 2 aromatic carbocycles. The van der Waals surface area contributed by atoms with Crippen molar-refractivity contribution < 1.29 is 5.11 Å². The van der Waals surface area contributed by atoms with Crippen molar-refractivity contribution in [3.8, 4) is 16.9 Å². The fourth-order valence-electron chi connectivity index (χ4n) is 2.41. The molecule has 3 rings (SSSR count). The second-order valence-corrected chi connectivity index (χ2v) is 5.05. The molecule has 20 heavy (non-hydrogen) atoms. The summed E-state index contributed by atoms with van der Waals surface area (Å²) in [5.41, 5.74) is 5.26. The van der Waals surface area contributed by atoms with Crippen LogP contribution in [0.3, 0.4) is 0 Å². The summed E-state index contributed by atoms with van der Waals surface area (Å²) >= 11 is 0. The highest BCUT2D eigenvalue weighted by molar-refractivity contribution is 5.85. The Morgan fingerprint density at radius 3 is 2.60 bits per heavy atom. The van der Waals surface area contributed by atoms with Crippen LogP contribution >= 0.6 is 0 Å². The fourth-order valence-corrected chi connectivity index (χ4v) is 2.41. The molecular weight excluding hydrogens is 246 g/mol. The van der Waals surface area contributed by atoms with Crippen molar-refractivity contribution in [1.82, 2.24) is 4.98 Å². The number of hydrogen-bond acceptors (Lipinski definition) is 2. The number of aromatic nitrogens is 1. The molecule has 0 saturated carbocycles. The zero-order valence-corrected chi connectivity index (χ0v) is 11.7. The van der Waals surface area contributed by atoms with Crippen LogP contribution in [0.2, 0.25) is 0 Å². The lowest BCUT2D eigenvalue weighted by Crippen LogP contribution is -1.87. The van der Waals surface area contributed by atoms with Gasteiger partial charge in [-0.3, -0.25) is 0 Å². The third kappa shape index (κ3) is 2.25. The quantitative estimate of drug-likeness (QED) is 0.739. The van der Waals surface area contributed by atoms with Crippen LogP contribution in [-0.4, -0.2) is 10.1 Å². The van der Waals surface area contributed by atoms with E-state index in [-0.39, 0.29) is 5.75 Å². The first-order valence-electron chi connectivity index (χ1n) is 6.87. The molecule has 0 aliphatic heterocycles. The largest absolute Gasteiger partial charge is 0.506 e. The molecule has 1 aromatic heterocycles. The molecule has 0 amide bonds. The molecule has 1 heterocycles. The molecule has 0 fully saturated rings. The van der Waals surface area contributed by atoms with Gasteiger partial charge in [-0.1, -0.05) is 37.3 Å². The van der Waals surface area contributed by atoms with Gasteiger partial charge in [0.1, 0.15) is 5.75 Å². The van der Waals surface area contributed by atoms with Crippen LogP contribution in [0.25, 0.3) is 22.0 Å². The topological polar surface area (TPSA) is 33.1 Å². The van der Waals surface area contributed by atoms with Gasteiger partial charge in [-0.25, -0.2) is 4.98 Å². The van der Waals surface area contributed by atoms with Crippen LogP contribution in [0.1, 0.15) is 18.2 Å². The lowest BCUT2D eigenvalue weighted by molar-refractivity contribution is 0.469. The molecule has 0 saturated heterocycles. The first-order chi connectivity index (χ1) is 9.67. The van der Waals surface area contributed by atoms with E-state index in [9.17, 15) is 5.11 Å². The summed E-state index contributed by atoms with van der Waals surface area (Å²) < 4.78 is 0. The van der Waals surface area contributed by atoms with Crippen molar-refractivity contribution in [1.29, 1.82) is 0 Å². The monoisotopic (exact) mass is 263 g/mol. The maximum Gasteiger partial charge on any atom is 0.137 e. The second-order valence-electron chi connectivity index (χ2n) is 5.05. The number of aromatic hydroxyl groups is 1. The molecule has 0 bridgehead atoms. The Kier molecular flexibility index (Phi) is 3.15. The summed E-state index contributed by atoms with van der Waals surface area (Å²) in [7, 11) is 0. The van der Waals surface area contributed by atoms with Gasteiger partial charge in [-0.15, -0.1) is 0 Å². The van der Waals surface area contributed by atoms with E-state index in [1.807, 2.05) is 13.0 Å². The van der Waals surface area contributed by atoms with Crippen molar-refractivity contribution in [2.45, 2.75) is 20.3 Å². The van der Waals surface area contributed by atoms with E-state index >= 15 is 0 Å². The Hall–Kier alpha value is -2.35. The van der Waals surface area contributed by atoms with Crippen molar-refractivity contribution in [3.63, 3.8) is 0 Å². The zero-order chi connectivity index (χ0) is 14.1. The van der Waals surface area contributed by atoms with Crippen LogP contribution in [0, 0.1) is 6.92 Å². The number of rotatable bonds is 2. The summed E-state index contributed by atoms with van der Waals surface area (Å²) in [5, 5.41) is 10.8. The average Bonchev–Trinajstić information content (AvgIpc) is 2.48. The number of hydrogen-bond donors (Lipinski definition) is 1. The highest BCUT2D eigenvalue weighted by Crippen LogP contribution is 2.27. The highest BCUT2D eigenvalue weighted by atomic mass is 16.3. The summed E-state index contributed by atoms with van der Waals surface area (Å²) in [6.45, 7) is 3.97. The Morgan fingerprint density at radius 2 is 1.80 bits per heavy atom. The molecule has 100 valence electrons. The van der Waals surface area contributed by atoms with Gasteiger partial charge >= 0.3 is 0 Å². The minimum absolute atomic E-state index is 0.247. The molecular formula is C18H17NO. The third-order valence-electron chi connectivity index (χ3n) is 3.65. The van der Waals surface area contributed by atoms with E-state index in [0.717, 1.165) is 22.9 Å². The van der Waals surface area contributed by atoms with Crippen LogP contribution in [0.15, 0.2) is 48.5 Å². The van der Waals surface area contributed by atoms with Gasteiger partial charge in [0.05, 0.1) is 11.2 Å². The Labute approximate surface area is 118 Å². The van der Waals surface area contributed by atoms with E-state index in [1.54, 1.807) is 6.07 Å². The fraction of sp³-hybridized carbons (Fsp3) is 0.167. The Morgan fingerprint density at radius 1 is 1.00 bits per heavy atom. The van der Waals surface area contributed by atoms with E-state index in [1.165, 1.54) is 11.1 Å². The SMILES string of the molecule is CCc1cccc(-c2ccc3nc(C)c(O)cc3c2)c1. The van der Waals surface area contributed by atoms with Gasteiger partial charge in [0.15, 0.2) is 0 Å². The van der Waals surface area contributed by atoms with Gasteiger partial charge in [-0.05, 0) is 48.2 Å². The highest BCUT2D eigenvalue weighted by Gasteiger charge is 2.04. The van der Waals surface area contributed by atoms with Gasteiger partial charge in [0.2, 0.25) is 0 Å². The average molecular weight is 263 g/mol. The lowest BCUT2D eigenvalue weighted by Gasteiger charge is -2.07. The number of pyridine rings is 1. The third-order valence-corrected chi connectivity index (χ3v) is 3.65. The molecule has 1 N–H and O–H groups in total. The van der Waals surface area contributed by atoms with Crippen LogP contribution in [0.4, 0.5) is 0 Å². The van der Waals surface area contributed by atoms with Crippen LogP contribution in [-0.2, 0) is 6.42 Å². The molecule has 2 nitrogen and oxygen atoms in total. The molecule has 0 spiro atoms. The molecule has 0 aliphatic carbocycles. The van der Waals surface area contributed by atoms with Gasteiger partial charge in [-0.2, -0.15) is 0 Å². The van der Waals surface area contributed by atoms with Crippen molar-refractivity contribution in [2.24, 2.45) is 0 Å². The predicted octanol–water partition coefficient (Wildman–Crippen LogP) is 4.48. The second kappa shape index (κ2) is 4.97. The Bertz CT molecular complexity index is 777. The number of benzene rings is 2. The maximum absolute atomic E-state index is 9.80. The van der Waals surface area contributed by atoms with Gasteiger partial charge in [0, 0.05) is 5.39 Å². The molecule has 3 aromatic rings. The van der Waals surface area contributed by atoms with E-state index in [0.29, 0.717) is 5.69 Å². The molecule has 2 heteroatoms. The maximum atomic E-state index is 9.80. The number of aryl methyl sites for hydroxylation is 2. The number of nitrogens with zero attached hydrogens (tertiary/aromatic N) is 1. The van der Waals surface area contributed by atoms with Crippen molar-refractivity contribution in [3.05, 3.63) is 59.8 Å². The lowest BCUT2D eigenvalue weighted by atomic mass is 10.0. The molecule has 0 radical (unpaired) electrons. The standard InChI is InChI=1S/C18H17NO/c1-3-13-5-4-6-14(9-13)15-7-8-17-16(10-15)11-18(20)12(2)19-17/h4-11,20H,3H2,1-2H3. The van der Waals surface area contributed by atoms with Crippen LogP contribution in [0.5, 0.6) is 5.75 Å². The number of fused-ring (bicyclic) bond motifs is 1. The minimum Gasteiger partial charge on any atom is -0.506 e. The summed E-state index contributed by atoms with van der Waals surface area (Å²) in [4.78, 5) is 4.39. The van der Waals surface area contributed by atoms with Gasteiger partial charge in [0.25, 0.3) is 0 Å².